The highest BCUT2D eigenvalue weighted by atomic mass is 32.2. The van der Waals surface area contributed by atoms with Gasteiger partial charge in [0.1, 0.15) is 0 Å². The van der Waals surface area contributed by atoms with E-state index in [4.69, 9.17) is 0 Å². The number of hydrogen-bond donors (Lipinski definition) is 3. The first-order valence-corrected chi connectivity index (χ1v) is 8.99. The quantitative estimate of drug-likeness (QED) is 0.681. The Balaban J connectivity index is 2.10. The second-order valence-electron chi connectivity index (χ2n) is 6.13. The molecule has 3 aromatic rings. The monoisotopic (exact) mass is 345 g/mol. The molecule has 0 aliphatic rings. The Hall–Kier alpha value is -2.54. The molecule has 0 spiro atoms. The minimum atomic E-state index is -3.73. The molecule has 24 heavy (non-hydrogen) atoms. The Kier molecular flexibility index (Phi) is 3.76. The van der Waals surface area contributed by atoms with E-state index in [1.807, 2.05) is 19.1 Å². The van der Waals surface area contributed by atoms with Crippen LogP contribution in [0.15, 0.2) is 34.0 Å². The van der Waals surface area contributed by atoms with Gasteiger partial charge in [0.2, 0.25) is 0 Å². The van der Waals surface area contributed by atoms with Gasteiger partial charge < -0.3 is 9.97 Å². The fourth-order valence-corrected chi connectivity index (χ4v) is 4.66. The first-order valence-electron chi connectivity index (χ1n) is 7.51. The smallest absolute Gasteiger partial charge is 0.306 e. The summed E-state index contributed by atoms with van der Waals surface area (Å²) in [4.78, 5) is 17.0. The fourth-order valence-electron chi connectivity index (χ4n) is 3.09. The van der Waals surface area contributed by atoms with Gasteiger partial charge in [0.25, 0.3) is 10.0 Å². The molecule has 1 aromatic heterocycles. The molecular formula is C17H19N3O3S. The second-order valence-corrected chi connectivity index (χ2v) is 7.74. The Bertz CT molecular complexity index is 1080. The van der Waals surface area contributed by atoms with Crippen molar-refractivity contribution in [1.82, 2.24) is 9.97 Å². The normalized spacial score (nSPS) is 11.8. The third-order valence-corrected chi connectivity index (χ3v) is 5.65. The summed E-state index contributed by atoms with van der Waals surface area (Å²) >= 11 is 0. The molecule has 0 bridgehead atoms. The van der Waals surface area contributed by atoms with E-state index >= 15 is 0 Å². The summed E-state index contributed by atoms with van der Waals surface area (Å²) in [6.45, 7) is 7.30. The molecular weight excluding hydrogens is 326 g/mol. The molecule has 0 fully saturated rings. The summed E-state index contributed by atoms with van der Waals surface area (Å²) < 4.78 is 28.4. The van der Waals surface area contributed by atoms with Crippen LogP contribution in [-0.4, -0.2) is 18.4 Å². The number of benzene rings is 2. The number of fused-ring (bicyclic) bond motifs is 1. The van der Waals surface area contributed by atoms with Crippen LogP contribution in [0.25, 0.3) is 11.0 Å². The topological polar surface area (TPSA) is 94.8 Å². The summed E-state index contributed by atoms with van der Waals surface area (Å²) in [6.07, 6.45) is 0. The van der Waals surface area contributed by atoms with Crippen molar-refractivity contribution < 1.29 is 8.42 Å². The molecule has 3 rings (SSSR count). The minimum absolute atomic E-state index is 0.287. The van der Waals surface area contributed by atoms with Gasteiger partial charge in [0, 0.05) is 0 Å². The lowest BCUT2D eigenvalue weighted by atomic mass is 10.1. The standard InChI is InChI=1S/C17H19N3O3S/c1-9-5-11(3)16(12(4)6-9)24(22,23)20-13-8-15-14(7-10(13)2)18-17(21)19-15/h5-8,20H,1-4H3,(H2,18,19,21). The molecule has 126 valence electrons. The average Bonchev–Trinajstić information content (AvgIpc) is 2.76. The summed E-state index contributed by atoms with van der Waals surface area (Å²) in [5.41, 5.74) is 4.47. The van der Waals surface area contributed by atoms with Crippen LogP contribution < -0.4 is 10.4 Å². The van der Waals surface area contributed by atoms with E-state index < -0.39 is 10.0 Å². The lowest BCUT2D eigenvalue weighted by molar-refractivity contribution is 0.600. The van der Waals surface area contributed by atoms with Crippen LogP contribution in [0.3, 0.4) is 0 Å². The van der Waals surface area contributed by atoms with E-state index in [9.17, 15) is 13.2 Å². The van der Waals surface area contributed by atoms with E-state index in [0.717, 1.165) is 11.1 Å². The lowest BCUT2D eigenvalue weighted by Gasteiger charge is -2.15. The first kappa shape index (κ1) is 16.3. The van der Waals surface area contributed by atoms with Gasteiger partial charge in [0.15, 0.2) is 0 Å². The molecule has 1 heterocycles. The van der Waals surface area contributed by atoms with E-state index in [-0.39, 0.29) is 10.6 Å². The van der Waals surface area contributed by atoms with Gasteiger partial charge in [-0.15, -0.1) is 0 Å². The minimum Gasteiger partial charge on any atom is -0.306 e. The van der Waals surface area contributed by atoms with Crippen molar-refractivity contribution in [2.75, 3.05) is 4.72 Å². The van der Waals surface area contributed by atoms with Crippen LogP contribution in [0, 0.1) is 27.7 Å². The highest BCUT2D eigenvalue weighted by molar-refractivity contribution is 7.92. The zero-order chi connectivity index (χ0) is 17.6. The van der Waals surface area contributed by atoms with Crippen molar-refractivity contribution in [2.24, 2.45) is 0 Å². The van der Waals surface area contributed by atoms with Gasteiger partial charge >= 0.3 is 5.69 Å². The number of aromatic nitrogens is 2. The van der Waals surface area contributed by atoms with Crippen LogP contribution in [0.2, 0.25) is 0 Å². The molecule has 0 aliphatic carbocycles. The zero-order valence-electron chi connectivity index (χ0n) is 13.9. The maximum absolute atomic E-state index is 12.9. The molecule has 0 atom stereocenters. The predicted octanol–water partition coefficient (Wildman–Crippen LogP) is 2.89. The third-order valence-electron chi connectivity index (χ3n) is 3.98. The summed E-state index contributed by atoms with van der Waals surface area (Å²) in [5.74, 6) is 0. The molecule has 0 aliphatic heterocycles. The Labute approximate surface area is 140 Å². The van der Waals surface area contributed by atoms with Crippen molar-refractivity contribution in [3.63, 3.8) is 0 Å². The summed E-state index contributed by atoms with van der Waals surface area (Å²) in [6, 6.07) is 7.06. The van der Waals surface area contributed by atoms with Gasteiger partial charge in [-0.2, -0.15) is 0 Å². The number of hydrogen-bond acceptors (Lipinski definition) is 3. The zero-order valence-corrected chi connectivity index (χ0v) is 14.8. The van der Waals surface area contributed by atoms with E-state index in [1.54, 1.807) is 32.9 Å². The largest absolute Gasteiger partial charge is 0.323 e. The number of nitrogens with one attached hydrogen (secondary N) is 3. The number of rotatable bonds is 3. The Morgan fingerprint density at radius 2 is 1.38 bits per heavy atom. The summed E-state index contributed by atoms with van der Waals surface area (Å²) in [7, 11) is -3.73. The van der Waals surface area contributed by atoms with Crippen molar-refractivity contribution in [3.05, 3.63) is 57.0 Å². The predicted molar refractivity (Wildman–Crippen MR) is 95.1 cm³/mol. The number of imidazole rings is 1. The number of aryl methyl sites for hydroxylation is 4. The maximum Gasteiger partial charge on any atom is 0.323 e. The lowest BCUT2D eigenvalue weighted by Crippen LogP contribution is -2.16. The van der Waals surface area contributed by atoms with Crippen LogP contribution in [0.5, 0.6) is 0 Å². The first-order chi connectivity index (χ1) is 11.2. The van der Waals surface area contributed by atoms with Crippen molar-refractivity contribution >= 4 is 26.7 Å². The Morgan fingerprint density at radius 1 is 0.833 bits per heavy atom. The molecule has 3 N–H and O–H groups in total. The molecule has 0 radical (unpaired) electrons. The molecule has 0 saturated carbocycles. The molecule has 0 saturated heterocycles. The van der Waals surface area contributed by atoms with Crippen molar-refractivity contribution in [3.8, 4) is 0 Å². The maximum atomic E-state index is 12.9. The SMILES string of the molecule is Cc1cc(C)c(S(=O)(=O)Nc2cc3[nH]c(=O)[nH]c3cc2C)c(C)c1. The summed E-state index contributed by atoms with van der Waals surface area (Å²) in [5, 5.41) is 0. The van der Waals surface area contributed by atoms with Gasteiger partial charge in [0.05, 0.1) is 21.6 Å². The third kappa shape index (κ3) is 2.82. The molecule has 0 unspecified atom stereocenters. The molecule has 2 aromatic carbocycles. The number of aromatic amines is 2. The highest BCUT2D eigenvalue weighted by Crippen LogP contribution is 2.27. The van der Waals surface area contributed by atoms with Crippen LogP contribution >= 0.6 is 0 Å². The van der Waals surface area contributed by atoms with Crippen molar-refractivity contribution in [2.45, 2.75) is 32.6 Å². The van der Waals surface area contributed by atoms with Gasteiger partial charge in [-0.25, -0.2) is 13.2 Å². The van der Waals surface area contributed by atoms with Crippen molar-refractivity contribution in [1.29, 1.82) is 0 Å². The number of sulfonamides is 1. The fraction of sp³-hybridized carbons (Fsp3) is 0.235. The molecule has 7 heteroatoms. The van der Waals surface area contributed by atoms with Crippen LogP contribution in [-0.2, 0) is 10.0 Å². The average molecular weight is 345 g/mol. The van der Waals surface area contributed by atoms with E-state index in [0.29, 0.717) is 27.8 Å². The molecule has 6 nitrogen and oxygen atoms in total. The van der Waals surface area contributed by atoms with E-state index in [1.165, 1.54) is 0 Å². The van der Waals surface area contributed by atoms with Gasteiger partial charge in [-0.05, 0) is 56.5 Å². The number of anilines is 1. The Morgan fingerprint density at radius 3 is 1.96 bits per heavy atom. The highest BCUT2D eigenvalue weighted by Gasteiger charge is 2.21. The van der Waals surface area contributed by atoms with Crippen LogP contribution in [0.4, 0.5) is 5.69 Å². The van der Waals surface area contributed by atoms with E-state index in [2.05, 4.69) is 14.7 Å². The molecule has 0 amide bonds. The van der Waals surface area contributed by atoms with Gasteiger partial charge in [-0.3, -0.25) is 4.72 Å². The number of H-pyrrole nitrogens is 2. The van der Waals surface area contributed by atoms with Gasteiger partial charge in [-0.1, -0.05) is 17.7 Å². The second kappa shape index (κ2) is 5.52. The van der Waals surface area contributed by atoms with Crippen LogP contribution in [0.1, 0.15) is 22.3 Å².